The first-order chi connectivity index (χ1) is 45.3. The van der Waals surface area contributed by atoms with Gasteiger partial charge in [0, 0.05) is 6.42 Å². The number of amides is 1. The smallest absolute Gasteiger partial charge is 0.220 e. The van der Waals surface area contributed by atoms with E-state index in [0.29, 0.717) is 12.8 Å². The maximum atomic E-state index is 13.2. The molecule has 0 aromatic carbocycles. The summed E-state index contributed by atoms with van der Waals surface area (Å²) in [6.45, 7) is 3.92. The lowest BCUT2D eigenvalue weighted by molar-refractivity contribution is -0.302. The van der Waals surface area contributed by atoms with Gasteiger partial charge in [-0.15, -0.1) is 0 Å². The molecule has 0 radical (unpaired) electrons. The molecule has 1 heterocycles. The molecule has 6 N–H and O–H groups in total. The van der Waals surface area contributed by atoms with Crippen molar-refractivity contribution in [1.29, 1.82) is 0 Å². The van der Waals surface area contributed by atoms with Gasteiger partial charge in [-0.3, -0.25) is 4.79 Å². The summed E-state index contributed by atoms with van der Waals surface area (Å²) in [5.74, 6) is -0.131. The Kier molecular flexibility index (Phi) is 70.7. The van der Waals surface area contributed by atoms with Crippen molar-refractivity contribution in [3.05, 3.63) is 0 Å². The zero-order valence-electron chi connectivity index (χ0n) is 62.1. The maximum Gasteiger partial charge on any atom is 0.220 e. The normalized spacial score (nSPS) is 17.5. The Morgan fingerprint density at radius 1 is 0.326 bits per heavy atom. The van der Waals surface area contributed by atoms with Gasteiger partial charge in [0.05, 0.1) is 25.4 Å². The fraction of sp³-hybridized carbons (Fsp3) is 0.988. The molecule has 0 aromatic heterocycles. The van der Waals surface area contributed by atoms with Crippen molar-refractivity contribution < 1.29 is 39.8 Å². The number of aliphatic hydroxyl groups is 5. The van der Waals surface area contributed by atoms with Gasteiger partial charge in [0.2, 0.25) is 5.91 Å². The quantitative estimate of drug-likeness (QED) is 0.0330. The molecular formula is C83H165NO8. The van der Waals surface area contributed by atoms with E-state index in [1.165, 1.54) is 405 Å². The number of nitrogens with one attached hydrogen (secondary N) is 1. The SMILES string of the molecule is CCCCCCCCCCCCCCCCCCCCCCCCCCCCCCCCCCCCCCCCCCCC(=O)NC(COC1OC(CO)C(O)C(O)C1O)C(O)CCCCCCCCCCCCCCCCCCCCCCCCCCCCCC. The van der Waals surface area contributed by atoms with Crippen molar-refractivity contribution in [3.63, 3.8) is 0 Å². The second kappa shape index (κ2) is 72.9. The van der Waals surface area contributed by atoms with E-state index in [0.717, 1.165) is 38.5 Å². The van der Waals surface area contributed by atoms with Crippen LogP contribution in [-0.4, -0.2) is 87.5 Å². The summed E-state index contributed by atoms with van der Waals surface area (Å²) in [4.78, 5) is 13.2. The average Bonchev–Trinajstić information content (AvgIpc) is 1.00. The summed E-state index contributed by atoms with van der Waals surface area (Å²) in [7, 11) is 0. The van der Waals surface area contributed by atoms with Gasteiger partial charge in [0.15, 0.2) is 6.29 Å². The van der Waals surface area contributed by atoms with E-state index in [-0.39, 0.29) is 12.5 Å². The molecule has 0 aliphatic carbocycles. The van der Waals surface area contributed by atoms with Crippen molar-refractivity contribution in [2.75, 3.05) is 13.2 Å². The van der Waals surface area contributed by atoms with E-state index in [1.54, 1.807) is 0 Å². The number of ether oxygens (including phenoxy) is 2. The van der Waals surface area contributed by atoms with Crippen molar-refractivity contribution >= 4 is 5.91 Å². The summed E-state index contributed by atoms with van der Waals surface area (Å²) in [5.41, 5.74) is 0. The van der Waals surface area contributed by atoms with Crippen LogP contribution in [0.25, 0.3) is 0 Å². The lowest BCUT2D eigenvalue weighted by atomic mass is 9.99. The Balaban J connectivity index is 2.00. The topological polar surface area (TPSA) is 149 Å². The number of carbonyl (C=O) groups is 1. The van der Waals surface area contributed by atoms with Crippen LogP contribution >= 0.6 is 0 Å². The molecule has 0 bridgehead atoms. The molecule has 7 unspecified atom stereocenters. The number of carbonyl (C=O) groups excluding carboxylic acids is 1. The zero-order chi connectivity index (χ0) is 66.4. The largest absolute Gasteiger partial charge is 0.394 e. The minimum Gasteiger partial charge on any atom is -0.394 e. The van der Waals surface area contributed by atoms with Gasteiger partial charge in [-0.2, -0.15) is 0 Å². The molecule has 1 fully saturated rings. The highest BCUT2D eigenvalue weighted by Gasteiger charge is 2.44. The lowest BCUT2D eigenvalue weighted by Crippen LogP contribution is -2.60. The van der Waals surface area contributed by atoms with Crippen LogP contribution in [0, 0.1) is 0 Å². The predicted octanol–water partition coefficient (Wildman–Crippen LogP) is 24.4. The minimum atomic E-state index is -1.55. The van der Waals surface area contributed by atoms with Crippen molar-refractivity contribution in [2.24, 2.45) is 0 Å². The van der Waals surface area contributed by atoms with Crippen LogP contribution in [0.2, 0.25) is 0 Å². The second-order valence-electron chi connectivity index (χ2n) is 30.0. The van der Waals surface area contributed by atoms with E-state index >= 15 is 0 Å². The van der Waals surface area contributed by atoms with E-state index < -0.39 is 49.5 Å². The number of hydrogen-bond donors (Lipinski definition) is 6. The Morgan fingerprint density at radius 3 is 0.772 bits per heavy atom. The third-order valence-corrected chi connectivity index (χ3v) is 21.0. The Bertz CT molecular complexity index is 1420. The van der Waals surface area contributed by atoms with Gasteiger partial charge < -0.3 is 40.3 Å². The molecule has 9 heteroatoms. The second-order valence-corrected chi connectivity index (χ2v) is 30.0. The molecule has 1 rings (SSSR count). The highest BCUT2D eigenvalue weighted by molar-refractivity contribution is 5.76. The van der Waals surface area contributed by atoms with Gasteiger partial charge in [-0.1, -0.05) is 450 Å². The Hall–Kier alpha value is -0.810. The molecule has 7 atom stereocenters. The van der Waals surface area contributed by atoms with E-state index in [9.17, 15) is 30.3 Å². The molecule has 1 amide bonds. The van der Waals surface area contributed by atoms with Crippen molar-refractivity contribution in [1.82, 2.24) is 5.32 Å². The van der Waals surface area contributed by atoms with Crippen LogP contribution in [0.5, 0.6) is 0 Å². The van der Waals surface area contributed by atoms with Crippen molar-refractivity contribution in [2.45, 2.75) is 513 Å². The van der Waals surface area contributed by atoms with Crippen LogP contribution in [0.15, 0.2) is 0 Å². The molecule has 0 spiro atoms. The summed E-state index contributed by atoms with van der Waals surface area (Å²) >= 11 is 0. The van der Waals surface area contributed by atoms with Gasteiger partial charge in [0.25, 0.3) is 0 Å². The molecule has 9 nitrogen and oxygen atoms in total. The molecule has 1 aliphatic heterocycles. The molecule has 92 heavy (non-hydrogen) atoms. The molecular weight excluding hydrogens is 1140 g/mol. The van der Waals surface area contributed by atoms with Crippen molar-refractivity contribution in [3.8, 4) is 0 Å². The first-order valence-electron chi connectivity index (χ1n) is 42.2. The summed E-state index contributed by atoms with van der Waals surface area (Å²) < 4.78 is 11.4. The Labute approximate surface area is 574 Å². The number of rotatable bonds is 77. The van der Waals surface area contributed by atoms with Crippen LogP contribution in [0.4, 0.5) is 0 Å². The van der Waals surface area contributed by atoms with Gasteiger partial charge in [-0.25, -0.2) is 0 Å². The van der Waals surface area contributed by atoms with Crippen LogP contribution in [-0.2, 0) is 14.3 Å². The minimum absolute atomic E-state index is 0.130. The fourth-order valence-electron chi connectivity index (χ4n) is 14.4. The van der Waals surface area contributed by atoms with Crippen LogP contribution < -0.4 is 5.32 Å². The molecule has 0 aromatic rings. The molecule has 1 aliphatic rings. The Morgan fingerprint density at radius 2 is 0.543 bits per heavy atom. The number of aliphatic hydroxyl groups excluding tert-OH is 5. The average molecular weight is 1310 g/mol. The third-order valence-electron chi connectivity index (χ3n) is 21.0. The van der Waals surface area contributed by atoms with E-state index in [2.05, 4.69) is 19.2 Å². The zero-order valence-corrected chi connectivity index (χ0v) is 62.1. The highest BCUT2D eigenvalue weighted by Crippen LogP contribution is 2.25. The van der Waals surface area contributed by atoms with Gasteiger partial charge in [0.1, 0.15) is 24.4 Å². The molecule has 550 valence electrons. The fourth-order valence-corrected chi connectivity index (χ4v) is 14.4. The first-order valence-corrected chi connectivity index (χ1v) is 42.2. The number of hydrogen-bond acceptors (Lipinski definition) is 8. The molecule has 0 saturated carbocycles. The summed E-state index contributed by atoms with van der Waals surface area (Å²) in [6.07, 6.45) is 88.2. The lowest BCUT2D eigenvalue weighted by Gasteiger charge is -2.40. The summed E-state index contributed by atoms with van der Waals surface area (Å²) in [5, 5.41) is 55.1. The highest BCUT2D eigenvalue weighted by atomic mass is 16.7. The summed E-state index contributed by atoms with van der Waals surface area (Å²) in [6, 6.07) is -0.716. The monoisotopic (exact) mass is 1300 g/mol. The third kappa shape index (κ3) is 60.4. The standard InChI is InChI=1S/C83H165NO8/c1-3-5-7-9-11-13-15-17-19-21-23-25-27-29-31-33-34-35-36-37-38-39-40-41-42-43-44-45-47-49-51-53-55-57-59-61-63-65-67-69-71-73-79(87)84-76(75-91-83-82(90)81(89)80(88)78(74-85)92-83)77(86)72-70-68-66-64-62-60-58-56-54-52-50-48-46-32-30-28-26-24-22-20-18-16-14-12-10-8-6-4-2/h76-78,80-83,85-86,88-90H,3-75H2,1-2H3,(H,84,87). The first kappa shape index (κ1) is 89.2. The maximum absolute atomic E-state index is 13.2. The van der Waals surface area contributed by atoms with Crippen LogP contribution in [0.3, 0.4) is 0 Å². The van der Waals surface area contributed by atoms with E-state index in [1.807, 2.05) is 0 Å². The van der Waals surface area contributed by atoms with Gasteiger partial charge in [-0.05, 0) is 12.8 Å². The van der Waals surface area contributed by atoms with E-state index in [4.69, 9.17) is 9.47 Å². The van der Waals surface area contributed by atoms with Gasteiger partial charge >= 0.3 is 0 Å². The predicted molar refractivity (Wildman–Crippen MR) is 397 cm³/mol. The molecule has 1 saturated heterocycles. The van der Waals surface area contributed by atoms with Crippen LogP contribution in [0.1, 0.15) is 470 Å². The number of unbranched alkanes of at least 4 members (excludes halogenated alkanes) is 67.